The molecular formula is C14H17FO. The van der Waals surface area contributed by atoms with Gasteiger partial charge >= 0.3 is 0 Å². The Bertz CT molecular complexity index is 374. The van der Waals surface area contributed by atoms with Gasteiger partial charge < -0.3 is 0 Å². The Morgan fingerprint density at radius 3 is 2.25 bits per heavy atom. The fourth-order valence-electron chi connectivity index (χ4n) is 2.61. The number of hydrogen-bond donors (Lipinski definition) is 0. The van der Waals surface area contributed by atoms with Crippen molar-refractivity contribution in [3.63, 3.8) is 0 Å². The van der Waals surface area contributed by atoms with Crippen LogP contribution in [0.2, 0.25) is 0 Å². The molecule has 2 rings (SSSR count). The van der Waals surface area contributed by atoms with E-state index in [-0.39, 0.29) is 17.9 Å². The first-order chi connectivity index (χ1) is 7.68. The van der Waals surface area contributed by atoms with Crippen LogP contribution in [0.4, 0.5) is 4.39 Å². The van der Waals surface area contributed by atoms with E-state index in [4.69, 9.17) is 0 Å². The van der Waals surface area contributed by atoms with Crippen LogP contribution in [0.5, 0.6) is 0 Å². The lowest BCUT2D eigenvalue weighted by molar-refractivity contribution is 0.101. The van der Waals surface area contributed by atoms with Crippen LogP contribution in [-0.4, -0.2) is 12.5 Å². The molecule has 0 aromatic heterocycles. The van der Waals surface area contributed by atoms with Crippen molar-refractivity contribution in [2.75, 3.05) is 6.67 Å². The van der Waals surface area contributed by atoms with Gasteiger partial charge in [0.2, 0.25) is 0 Å². The van der Waals surface area contributed by atoms with Gasteiger partial charge in [-0.05, 0) is 25.3 Å². The molecule has 0 bridgehead atoms. The molecule has 1 aromatic rings. The first kappa shape index (κ1) is 11.3. The Balaban J connectivity index is 2.29. The molecule has 0 heterocycles. The summed E-state index contributed by atoms with van der Waals surface area (Å²) in [4.78, 5) is 11.2. The zero-order valence-electron chi connectivity index (χ0n) is 9.63. The van der Waals surface area contributed by atoms with Gasteiger partial charge in [0.1, 0.15) is 0 Å². The van der Waals surface area contributed by atoms with Gasteiger partial charge in [-0.25, -0.2) is 0 Å². The molecule has 0 spiro atoms. The second kappa shape index (κ2) is 4.36. The van der Waals surface area contributed by atoms with Crippen LogP contribution in [0.25, 0.3) is 0 Å². The van der Waals surface area contributed by atoms with Gasteiger partial charge in [0.25, 0.3) is 0 Å². The highest BCUT2D eigenvalue weighted by Gasteiger charge is 2.35. The van der Waals surface area contributed by atoms with E-state index in [1.54, 1.807) is 6.92 Å². The Kier molecular flexibility index (Phi) is 3.08. The number of benzene rings is 1. The summed E-state index contributed by atoms with van der Waals surface area (Å²) in [6.07, 6.45) is 4.09. The Hall–Kier alpha value is -1.18. The van der Waals surface area contributed by atoms with E-state index in [9.17, 15) is 9.18 Å². The van der Waals surface area contributed by atoms with Crippen LogP contribution in [-0.2, 0) is 5.41 Å². The summed E-state index contributed by atoms with van der Waals surface area (Å²) in [6.45, 7) is 1.27. The van der Waals surface area contributed by atoms with Crippen molar-refractivity contribution < 1.29 is 9.18 Å². The van der Waals surface area contributed by atoms with Gasteiger partial charge in [0, 0.05) is 11.0 Å². The van der Waals surface area contributed by atoms with Gasteiger partial charge in [0.05, 0.1) is 6.67 Å². The molecule has 0 amide bonds. The number of hydrogen-bond acceptors (Lipinski definition) is 1. The summed E-state index contributed by atoms with van der Waals surface area (Å²) in [5, 5.41) is 0. The molecule has 0 aliphatic heterocycles. The lowest BCUT2D eigenvalue weighted by Crippen LogP contribution is -2.24. The zero-order chi connectivity index (χ0) is 11.6. The van der Waals surface area contributed by atoms with E-state index in [0.717, 1.165) is 31.2 Å². The molecular weight excluding hydrogens is 203 g/mol. The molecule has 86 valence electrons. The average molecular weight is 220 g/mol. The van der Waals surface area contributed by atoms with Gasteiger partial charge in [-0.15, -0.1) is 0 Å². The molecule has 1 aromatic carbocycles. The molecule has 1 nitrogen and oxygen atoms in total. The maximum Gasteiger partial charge on any atom is 0.159 e. The number of Topliss-reactive ketones (excluding diaryl/α,β-unsaturated/α-hetero) is 1. The Morgan fingerprint density at radius 1 is 1.25 bits per heavy atom. The largest absolute Gasteiger partial charge is 0.295 e. The summed E-state index contributed by atoms with van der Waals surface area (Å²) < 4.78 is 13.2. The van der Waals surface area contributed by atoms with Crippen molar-refractivity contribution in [2.45, 2.75) is 38.0 Å². The van der Waals surface area contributed by atoms with E-state index in [1.165, 1.54) is 0 Å². The number of halogens is 1. The fraction of sp³-hybridized carbons (Fsp3) is 0.500. The molecule has 0 atom stereocenters. The maximum absolute atomic E-state index is 13.2. The van der Waals surface area contributed by atoms with Crippen LogP contribution >= 0.6 is 0 Å². The number of rotatable bonds is 3. The molecule has 1 fully saturated rings. The van der Waals surface area contributed by atoms with E-state index in [0.29, 0.717) is 5.56 Å². The zero-order valence-corrected chi connectivity index (χ0v) is 9.63. The minimum absolute atomic E-state index is 0.0623. The highest BCUT2D eigenvalue weighted by Crippen LogP contribution is 2.41. The van der Waals surface area contributed by atoms with Crippen LogP contribution in [0.15, 0.2) is 24.3 Å². The molecule has 1 aliphatic carbocycles. The summed E-state index contributed by atoms with van der Waals surface area (Å²) >= 11 is 0. The normalized spacial score (nSPS) is 18.6. The van der Waals surface area contributed by atoms with E-state index < -0.39 is 0 Å². The standard InChI is InChI=1S/C14H17FO/c1-11(16)12-4-6-13(7-5-12)14(10-15)8-2-3-9-14/h4-7H,2-3,8-10H2,1H3. The number of carbonyl (C=O) groups is 1. The lowest BCUT2D eigenvalue weighted by Gasteiger charge is -2.26. The van der Waals surface area contributed by atoms with E-state index >= 15 is 0 Å². The number of ketones is 1. The monoisotopic (exact) mass is 220 g/mol. The minimum Gasteiger partial charge on any atom is -0.295 e. The third-order valence-electron chi connectivity index (χ3n) is 3.72. The highest BCUT2D eigenvalue weighted by molar-refractivity contribution is 5.94. The molecule has 0 radical (unpaired) electrons. The molecule has 16 heavy (non-hydrogen) atoms. The quantitative estimate of drug-likeness (QED) is 0.710. The maximum atomic E-state index is 13.2. The predicted octanol–water partition coefficient (Wildman–Crippen LogP) is 3.67. The Morgan fingerprint density at radius 2 is 1.81 bits per heavy atom. The summed E-state index contributed by atoms with van der Waals surface area (Å²) in [5.74, 6) is 0.0623. The Labute approximate surface area is 95.7 Å². The van der Waals surface area contributed by atoms with Gasteiger partial charge in [0.15, 0.2) is 5.78 Å². The van der Waals surface area contributed by atoms with E-state index in [1.807, 2.05) is 24.3 Å². The van der Waals surface area contributed by atoms with Crippen molar-refractivity contribution in [3.05, 3.63) is 35.4 Å². The molecule has 0 N–H and O–H groups in total. The van der Waals surface area contributed by atoms with Crippen molar-refractivity contribution in [2.24, 2.45) is 0 Å². The molecule has 0 saturated heterocycles. The lowest BCUT2D eigenvalue weighted by atomic mass is 9.80. The van der Waals surface area contributed by atoms with Crippen LogP contribution in [0, 0.1) is 0 Å². The molecule has 1 saturated carbocycles. The number of carbonyl (C=O) groups excluding carboxylic acids is 1. The first-order valence-corrected chi connectivity index (χ1v) is 5.85. The molecule has 1 aliphatic rings. The van der Waals surface area contributed by atoms with Crippen molar-refractivity contribution in [3.8, 4) is 0 Å². The molecule has 0 unspecified atom stereocenters. The summed E-state index contributed by atoms with van der Waals surface area (Å²) in [6, 6.07) is 7.46. The smallest absolute Gasteiger partial charge is 0.159 e. The van der Waals surface area contributed by atoms with Crippen molar-refractivity contribution in [1.29, 1.82) is 0 Å². The fourth-order valence-corrected chi connectivity index (χ4v) is 2.61. The van der Waals surface area contributed by atoms with E-state index in [2.05, 4.69) is 0 Å². The van der Waals surface area contributed by atoms with Gasteiger partial charge in [-0.1, -0.05) is 37.1 Å². The second-order valence-electron chi connectivity index (χ2n) is 4.75. The average Bonchev–Trinajstić information content (AvgIpc) is 2.79. The van der Waals surface area contributed by atoms with Gasteiger partial charge in [-0.3, -0.25) is 9.18 Å². The topological polar surface area (TPSA) is 17.1 Å². The minimum atomic E-state index is -0.285. The second-order valence-corrected chi connectivity index (χ2v) is 4.75. The van der Waals surface area contributed by atoms with Crippen LogP contribution in [0.3, 0.4) is 0 Å². The summed E-state index contributed by atoms with van der Waals surface area (Å²) in [5.41, 5.74) is 1.49. The SMILES string of the molecule is CC(=O)c1ccc(C2(CF)CCCC2)cc1. The third-order valence-corrected chi connectivity index (χ3v) is 3.72. The van der Waals surface area contributed by atoms with Crippen molar-refractivity contribution >= 4 is 5.78 Å². The highest BCUT2D eigenvalue weighted by atomic mass is 19.1. The number of alkyl halides is 1. The van der Waals surface area contributed by atoms with Gasteiger partial charge in [-0.2, -0.15) is 0 Å². The predicted molar refractivity (Wildman–Crippen MR) is 62.6 cm³/mol. The third kappa shape index (κ3) is 1.89. The van der Waals surface area contributed by atoms with Crippen LogP contribution in [0.1, 0.15) is 48.5 Å². The molecule has 2 heteroatoms. The summed E-state index contributed by atoms with van der Waals surface area (Å²) in [7, 11) is 0. The van der Waals surface area contributed by atoms with Crippen LogP contribution < -0.4 is 0 Å². The first-order valence-electron chi connectivity index (χ1n) is 5.85. The van der Waals surface area contributed by atoms with Crippen molar-refractivity contribution in [1.82, 2.24) is 0 Å².